The van der Waals surface area contributed by atoms with Crippen molar-refractivity contribution in [2.45, 2.75) is 51.4 Å². The lowest BCUT2D eigenvalue weighted by molar-refractivity contribution is -0.126. The summed E-state index contributed by atoms with van der Waals surface area (Å²) in [4.78, 5) is 14.2. The number of amides is 1. The van der Waals surface area contributed by atoms with Gasteiger partial charge in [0.25, 0.3) is 0 Å². The Morgan fingerprint density at radius 2 is 2.26 bits per heavy atom. The second-order valence-electron chi connectivity index (χ2n) is 5.84. The molecule has 0 aromatic heterocycles. The van der Waals surface area contributed by atoms with E-state index >= 15 is 0 Å². The molecule has 1 amide bonds. The molecule has 4 unspecified atom stereocenters. The molecule has 110 valence electrons. The molecule has 4 atom stereocenters. The third-order valence-corrected chi connectivity index (χ3v) is 4.39. The molecular formula is C14H26N2O3. The topological polar surface area (TPSA) is 61.8 Å². The van der Waals surface area contributed by atoms with Gasteiger partial charge in [-0.2, -0.15) is 0 Å². The zero-order chi connectivity index (χ0) is 13.8. The number of aliphatic hydroxyl groups is 1. The first kappa shape index (κ1) is 14.8. The van der Waals surface area contributed by atoms with Crippen molar-refractivity contribution in [1.29, 1.82) is 0 Å². The van der Waals surface area contributed by atoms with Crippen LogP contribution in [0.2, 0.25) is 0 Å². The van der Waals surface area contributed by atoms with Gasteiger partial charge >= 0.3 is 0 Å². The summed E-state index contributed by atoms with van der Waals surface area (Å²) < 4.78 is 5.50. The fourth-order valence-corrected chi connectivity index (χ4v) is 2.89. The molecule has 0 bridgehead atoms. The van der Waals surface area contributed by atoms with Crippen LogP contribution in [0.4, 0.5) is 0 Å². The van der Waals surface area contributed by atoms with Crippen LogP contribution < -0.4 is 5.32 Å². The molecule has 5 nitrogen and oxygen atoms in total. The van der Waals surface area contributed by atoms with Crippen molar-refractivity contribution in [1.82, 2.24) is 10.2 Å². The van der Waals surface area contributed by atoms with E-state index in [-0.39, 0.29) is 24.2 Å². The monoisotopic (exact) mass is 270 g/mol. The lowest BCUT2D eigenvalue weighted by Crippen LogP contribution is -2.46. The molecule has 0 spiro atoms. The Morgan fingerprint density at radius 1 is 1.47 bits per heavy atom. The highest BCUT2D eigenvalue weighted by Crippen LogP contribution is 2.21. The van der Waals surface area contributed by atoms with Gasteiger partial charge in [-0.3, -0.25) is 9.69 Å². The third-order valence-electron chi connectivity index (χ3n) is 4.39. The minimum Gasteiger partial charge on any atom is -0.393 e. The Morgan fingerprint density at radius 3 is 2.84 bits per heavy atom. The van der Waals surface area contributed by atoms with Crippen LogP contribution in [-0.2, 0) is 9.53 Å². The number of rotatable bonds is 5. The Bertz CT molecular complexity index is 303. The normalized spacial score (nSPS) is 31.3. The molecule has 2 saturated heterocycles. The summed E-state index contributed by atoms with van der Waals surface area (Å²) in [5.74, 6) is 0.371. The largest absolute Gasteiger partial charge is 0.393 e. The van der Waals surface area contributed by atoms with Crippen LogP contribution in [0.15, 0.2) is 0 Å². The highest BCUT2D eigenvalue weighted by atomic mass is 16.5. The Balaban J connectivity index is 1.72. The number of carbonyl (C=O) groups is 1. The van der Waals surface area contributed by atoms with Crippen LogP contribution in [0.1, 0.15) is 33.1 Å². The molecular weight excluding hydrogens is 244 g/mol. The van der Waals surface area contributed by atoms with Crippen LogP contribution in [-0.4, -0.2) is 60.4 Å². The average molecular weight is 270 g/mol. The number of nitrogens with one attached hydrogen (secondary N) is 1. The second kappa shape index (κ2) is 6.68. The standard InChI is InChI=1S/C14H26N2O3/c1-10(16-6-5-12(9-16)11(2)17)14(18)15-8-13-4-3-7-19-13/h10-13,17H,3-9H2,1-2H3,(H,15,18). The van der Waals surface area contributed by atoms with Crippen molar-refractivity contribution in [3.63, 3.8) is 0 Å². The van der Waals surface area contributed by atoms with Crippen LogP contribution in [0.5, 0.6) is 0 Å². The average Bonchev–Trinajstić information content (AvgIpc) is 3.05. The number of carbonyl (C=O) groups excluding carboxylic acids is 1. The zero-order valence-electron chi connectivity index (χ0n) is 12.0. The Hall–Kier alpha value is -0.650. The van der Waals surface area contributed by atoms with Gasteiger partial charge < -0.3 is 15.2 Å². The van der Waals surface area contributed by atoms with E-state index in [0.29, 0.717) is 12.5 Å². The first-order chi connectivity index (χ1) is 9.08. The molecule has 0 aromatic rings. The molecule has 0 aliphatic carbocycles. The number of hydrogen-bond donors (Lipinski definition) is 2. The molecule has 2 aliphatic rings. The summed E-state index contributed by atoms with van der Waals surface area (Å²) in [6, 6.07) is -0.120. The molecule has 0 saturated carbocycles. The maximum Gasteiger partial charge on any atom is 0.237 e. The van der Waals surface area contributed by atoms with Gasteiger partial charge in [0.2, 0.25) is 5.91 Å². The van der Waals surface area contributed by atoms with Crippen LogP contribution in [0.3, 0.4) is 0 Å². The van der Waals surface area contributed by atoms with Gasteiger partial charge in [0.1, 0.15) is 0 Å². The zero-order valence-corrected chi connectivity index (χ0v) is 12.0. The summed E-state index contributed by atoms with van der Waals surface area (Å²) in [5.41, 5.74) is 0. The Labute approximate surface area is 115 Å². The van der Waals surface area contributed by atoms with E-state index in [1.165, 1.54) is 0 Å². The van der Waals surface area contributed by atoms with E-state index in [1.807, 2.05) is 13.8 Å². The SMILES string of the molecule is CC(O)C1CCN(C(C)C(=O)NCC2CCCO2)C1. The maximum absolute atomic E-state index is 12.1. The van der Waals surface area contributed by atoms with Gasteiger partial charge in [-0.1, -0.05) is 0 Å². The minimum absolute atomic E-state index is 0.0711. The van der Waals surface area contributed by atoms with E-state index < -0.39 is 0 Å². The van der Waals surface area contributed by atoms with Gasteiger partial charge in [-0.05, 0) is 45.6 Å². The smallest absolute Gasteiger partial charge is 0.237 e. The summed E-state index contributed by atoms with van der Waals surface area (Å²) in [6.45, 7) is 6.91. The van der Waals surface area contributed by atoms with Crippen molar-refractivity contribution in [2.75, 3.05) is 26.2 Å². The number of likely N-dealkylation sites (tertiary alicyclic amines) is 1. The molecule has 0 aromatic carbocycles. The number of ether oxygens (including phenoxy) is 1. The lowest BCUT2D eigenvalue weighted by atomic mass is 10.0. The fraction of sp³-hybridized carbons (Fsp3) is 0.929. The predicted molar refractivity (Wildman–Crippen MR) is 72.8 cm³/mol. The molecule has 0 radical (unpaired) electrons. The van der Waals surface area contributed by atoms with Gasteiger partial charge in [0.05, 0.1) is 18.2 Å². The first-order valence-electron chi connectivity index (χ1n) is 7.39. The van der Waals surface area contributed by atoms with Crippen LogP contribution >= 0.6 is 0 Å². The van der Waals surface area contributed by atoms with E-state index in [2.05, 4.69) is 10.2 Å². The first-order valence-corrected chi connectivity index (χ1v) is 7.39. The van der Waals surface area contributed by atoms with E-state index in [1.54, 1.807) is 0 Å². The highest BCUT2D eigenvalue weighted by molar-refractivity contribution is 5.81. The lowest BCUT2D eigenvalue weighted by Gasteiger charge is -2.24. The molecule has 5 heteroatoms. The summed E-state index contributed by atoms with van der Waals surface area (Å²) in [5, 5.41) is 12.6. The molecule has 2 fully saturated rings. The molecule has 2 N–H and O–H groups in total. The highest BCUT2D eigenvalue weighted by Gasteiger charge is 2.31. The third kappa shape index (κ3) is 3.91. The van der Waals surface area contributed by atoms with Crippen molar-refractivity contribution in [3.05, 3.63) is 0 Å². The van der Waals surface area contributed by atoms with Gasteiger partial charge in [-0.15, -0.1) is 0 Å². The number of aliphatic hydroxyl groups excluding tert-OH is 1. The number of nitrogens with zero attached hydrogens (tertiary/aromatic N) is 1. The van der Waals surface area contributed by atoms with Gasteiger partial charge in [0, 0.05) is 19.7 Å². The summed E-state index contributed by atoms with van der Waals surface area (Å²) in [6.07, 6.45) is 3.02. The quantitative estimate of drug-likeness (QED) is 0.758. The Kier molecular flexibility index (Phi) is 5.19. The van der Waals surface area contributed by atoms with Gasteiger partial charge in [-0.25, -0.2) is 0 Å². The summed E-state index contributed by atoms with van der Waals surface area (Å²) >= 11 is 0. The van der Waals surface area contributed by atoms with Crippen molar-refractivity contribution in [3.8, 4) is 0 Å². The van der Waals surface area contributed by atoms with E-state index in [0.717, 1.165) is 39.0 Å². The van der Waals surface area contributed by atoms with Crippen molar-refractivity contribution >= 4 is 5.91 Å². The fourth-order valence-electron chi connectivity index (χ4n) is 2.89. The number of hydrogen-bond acceptors (Lipinski definition) is 4. The molecule has 2 rings (SSSR count). The molecule has 2 heterocycles. The second-order valence-corrected chi connectivity index (χ2v) is 5.84. The maximum atomic E-state index is 12.1. The van der Waals surface area contributed by atoms with E-state index in [9.17, 15) is 9.90 Å². The minimum atomic E-state index is -0.285. The van der Waals surface area contributed by atoms with Crippen LogP contribution in [0, 0.1) is 5.92 Å². The van der Waals surface area contributed by atoms with Crippen molar-refractivity contribution in [2.24, 2.45) is 5.92 Å². The van der Waals surface area contributed by atoms with E-state index in [4.69, 9.17) is 4.74 Å². The predicted octanol–water partition coefficient (Wildman–Crippen LogP) is 0.373. The summed E-state index contributed by atoms with van der Waals surface area (Å²) in [7, 11) is 0. The molecule has 19 heavy (non-hydrogen) atoms. The van der Waals surface area contributed by atoms with Crippen molar-refractivity contribution < 1.29 is 14.6 Å². The van der Waals surface area contributed by atoms with Gasteiger partial charge in [0.15, 0.2) is 0 Å². The van der Waals surface area contributed by atoms with Crippen LogP contribution in [0.25, 0.3) is 0 Å². The molecule has 2 aliphatic heterocycles.